The number of hydrogen-bond acceptors (Lipinski definition) is 8. The minimum Gasteiger partial charge on any atom is -0.468 e. The molecule has 1 unspecified atom stereocenters. The third-order valence-electron chi connectivity index (χ3n) is 3.94. The molecular formula is C16H19NO8. The summed E-state index contributed by atoms with van der Waals surface area (Å²) in [5.74, 6) is -3.31. The summed E-state index contributed by atoms with van der Waals surface area (Å²) in [5.41, 5.74) is 1.52. The first-order chi connectivity index (χ1) is 12.0. The molecule has 136 valence electrons. The first-order valence-electron chi connectivity index (χ1n) is 7.56. The maximum absolute atomic E-state index is 12.0. The van der Waals surface area contributed by atoms with Crippen LogP contribution in [0.2, 0.25) is 0 Å². The van der Waals surface area contributed by atoms with Crippen molar-refractivity contribution in [2.24, 2.45) is 11.8 Å². The van der Waals surface area contributed by atoms with Gasteiger partial charge in [-0.3, -0.25) is 19.7 Å². The van der Waals surface area contributed by atoms with Crippen LogP contribution < -0.4 is 4.74 Å². The molecule has 0 aliphatic carbocycles. The SMILES string of the molecule is COC(=O)C(C(=O)OC)C(Cc1ccc2c(c1)COCO2)C[N+](=O)[O-]. The molecule has 0 N–H and O–H groups in total. The van der Waals surface area contributed by atoms with Crippen molar-refractivity contribution < 1.29 is 33.5 Å². The van der Waals surface area contributed by atoms with E-state index >= 15 is 0 Å². The van der Waals surface area contributed by atoms with Crippen LogP contribution in [0.1, 0.15) is 11.1 Å². The number of methoxy groups -OCH3 is 2. The molecule has 1 aromatic rings. The molecule has 1 aliphatic heterocycles. The van der Waals surface area contributed by atoms with Crippen LogP contribution in [0, 0.1) is 22.0 Å². The molecule has 25 heavy (non-hydrogen) atoms. The normalized spacial score (nSPS) is 14.2. The van der Waals surface area contributed by atoms with E-state index in [4.69, 9.17) is 9.47 Å². The Balaban J connectivity index is 2.28. The Kier molecular flexibility index (Phi) is 6.29. The summed E-state index contributed by atoms with van der Waals surface area (Å²) in [5, 5.41) is 11.0. The van der Waals surface area contributed by atoms with Crippen LogP contribution in [0.4, 0.5) is 0 Å². The molecule has 0 aromatic heterocycles. The number of ether oxygens (including phenoxy) is 4. The standard InChI is InChI=1S/C16H19NO8/c1-22-15(18)14(16(19)23-2)11(7-17(20)21)5-10-3-4-13-12(6-10)8-24-9-25-13/h3-4,6,11,14H,5,7-9H2,1-2H3. The quantitative estimate of drug-likeness (QED) is 0.308. The van der Waals surface area contributed by atoms with E-state index in [2.05, 4.69) is 9.47 Å². The van der Waals surface area contributed by atoms with E-state index in [0.717, 1.165) is 25.3 Å². The van der Waals surface area contributed by atoms with Crippen LogP contribution in [0.15, 0.2) is 18.2 Å². The molecule has 0 fully saturated rings. The van der Waals surface area contributed by atoms with Gasteiger partial charge in [0.1, 0.15) is 5.75 Å². The fourth-order valence-corrected chi connectivity index (χ4v) is 2.79. The van der Waals surface area contributed by atoms with Gasteiger partial charge in [-0.1, -0.05) is 6.07 Å². The highest BCUT2D eigenvalue weighted by Gasteiger charge is 2.39. The Morgan fingerprint density at radius 3 is 2.56 bits per heavy atom. The van der Waals surface area contributed by atoms with Crippen LogP contribution in [0.25, 0.3) is 0 Å². The van der Waals surface area contributed by atoms with E-state index in [-0.39, 0.29) is 13.2 Å². The monoisotopic (exact) mass is 353 g/mol. The van der Waals surface area contributed by atoms with Gasteiger partial charge in [-0.15, -0.1) is 0 Å². The van der Waals surface area contributed by atoms with E-state index in [0.29, 0.717) is 12.4 Å². The van der Waals surface area contributed by atoms with Crippen molar-refractivity contribution in [2.45, 2.75) is 13.0 Å². The van der Waals surface area contributed by atoms with Gasteiger partial charge in [-0.05, 0) is 24.1 Å². The number of benzene rings is 1. The van der Waals surface area contributed by atoms with Gasteiger partial charge in [0.25, 0.3) is 0 Å². The molecule has 1 atom stereocenters. The zero-order valence-electron chi connectivity index (χ0n) is 13.9. The summed E-state index contributed by atoms with van der Waals surface area (Å²) >= 11 is 0. The maximum Gasteiger partial charge on any atom is 0.320 e. The predicted octanol–water partition coefficient (Wildman–Crippen LogP) is 0.951. The lowest BCUT2D eigenvalue weighted by atomic mass is 9.86. The van der Waals surface area contributed by atoms with Gasteiger partial charge < -0.3 is 18.9 Å². The predicted molar refractivity (Wildman–Crippen MR) is 83.3 cm³/mol. The molecule has 0 saturated heterocycles. The van der Waals surface area contributed by atoms with Gasteiger partial charge in [0.15, 0.2) is 12.7 Å². The van der Waals surface area contributed by atoms with Crippen molar-refractivity contribution in [2.75, 3.05) is 27.6 Å². The average molecular weight is 353 g/mol. The summed E-state index contributed by atoms with van der Waals surface area (Å²) in [6.07, 6.45) is 0.128. The fraction of sp³-hybridized carbons (Fsp3) is 0.500. The molecule has 0 bridgehead atoms. The van der Waals surface area contributed by atoms with Crippen LogP contribution in [0.5, 0.6) is 5.75 Å². The Morgan fingerprint density at radius 2 is 1.96 bits per heavy atom. The van der Waals surface area contributed by atoms with Gasteiger partial charge in [0.2, 0.25) is 6.54 Å². The summed E-state index contributed by atoms with van der Waals surface area (Å²) in [6.45, 7) is -0.0392. The van der Waals surface area contributed by atoms with Crippen LogP contribution in [0.3, 0.4) is 0 Å². The smallest absolute Gasteiger partial charge is 0.320 e. The van der Waals surface area contributed by atoms with Gasteiger partial charge in [0, 0.05) is 10.5 Å². The van der Waals surface area contributed by atoms with Crippen LogP contribution >= 0.6 is 0 Å². The number of nitrogens with zero attached hydrogens (tertiary/aromatic N) is 1. The Morgan fingerprint density at radius 1 is 1.28 bits per heavy atom. The molecule has 9 nitrogen and oxygen atoms in total. The zero-order valence-corrected chi connectivity index (χ0v) is 13.9. The molecule has 1 aromatic carbocycles. The van der Waals surface area contributed by atoms with E-state index in [1.807, 2.05) is 0 Å². The molecular weight excluding hydrogens is 334 g/mol. The molecule has 2 rings (SSSR count). The van der Waals surface area contributed by atoms with Crippen LogP contribution in [-0.4, -0.2) is 44.4 Å². The molecule has 0 radical (unpaired) electrons. The first kappa shape index (κ1) is 18.7. The molecule has 1 heterocycles. The van der Waals surface area contributed by atoms with Gasteiger partial charge in [-0.25, -0.2) is 0 Å². The third-order valence-corrected chi connectivity index (χ3v) is 3.94. The molecule has 9 heteroatoms. The average Bonchev–Trinajstić information content (AvgIpc) is 2.60. The summed E-state index contributed by atoms with van der Waals surface area (Å²) in [6, 6.07) is 5.26. The minimum absolute atomic E-state index is 0.128. The highest BCUT2D eigenvalue weighted by atomic mass is 16.7. The maximum atomic E-state index is 12.0. The van der Waals surface area contributed by atoms with Crippen molar-refractivity contribution in [3.05, 3.63) is 39.4 Å². The Bertz CT molecular complexity index is 644. The zero-order chi connectivity index (χ0) is 18.4. The lowest BCUT2D eigenvalue weighted by Gasteiger charge is -2.22. The molecule has 1 aliphatic rings. The summed E-state index contributed by atoms with van der Waals surface area (Å²) in [4.78, 5) is 34.4. The minimum atomic E-state index is -1.37. The number of nitro groups is 1. The van der Waals surface area contributed by atoms with Gasteiger partial charge in [-0.2, -0.15) is 0 Å². The van der Waals surface area contributed by atoms with E-state index in [1.54, 1.807) is 18.2 Å². The topological polar surface area (TPSA) is 114 Å². The molecule has 0 spiro atoms. The lowest BCUT2D eigenvalue weighted by molar-refractivity contribution is -0.489. The second-order valence-corrected chi connectivity index (χ2v) is 5.56. The number of fused-ring (bicyclic) bond motifs is 1. The van der Waals surface area contributed by atoms with Crippen molar-refractivity contribution in [1.29, 1.82) is 0 Å². The van der Waals surface area contributed by atoms with E-state index in [1.165, 1.54) is 0 Å². The summed E-state index contributed by atoms with van der Waals surface area (Å²) in [7, 11) is 2.24. The Labute approximate surface area is 144 Å². The number of hydrogen-bond donors (Lipinski definition) is 0. The van der Waals surface area contributed by atoms with Gasteiger partial charge in [0.05, 0.1) is 26.7 Å². The second-order valence-electron chi connectivity index (χ2n) is 5.56. The van der Waals surface area contributed by atoms with Crippen molar-refractivity contribution in [3.63, 3.8) is 0 Å². The number of carbonyl (C=O) groups is 2. The van der Waals surface area contributed by atoms with Crippen molar-refractivity contribution >= 4 is 11.9 Å². The number of esters is 2. The Hall–Kier alpha value is -2.68. The molecule has 0 amide bonds. The second kappa shape index (κ2) is 8.43. The van der Waals surface area contributed by atoms with Gasteiger partial charge >= 0.3 is 11.9 Å². The highest BCUT2D eigenvalue weighted by molar-refractivity contribution is 5.95. The fourth-order valence-electron chi connectivity index (χ4n) is 2.79. The van der Waals surface area contributed by atoms with E-state index < -0.39 is 35.2 Å². The number of carbonyl (C=O) groups excluding carboxylic acids is 2. The van der Waals surface area contributed by atoms with Crippen molar-refractivity contribution in [1.82, 2.24) is 0 Å². The van der Waals surface area contributed by atoms with Crippen molar-refractivity contribution in [3.8, 4) is 5.75 Å². The lowest BCUT2D eigenvalue weighted by Crippen LogP contribution is -2.38. The third kappa shape index (κ3) is 4.66. The highest BCUT2D eigenvalue weighted by Crippen LogP contribution is 2.27. The summed E-state index contributed by atoms with van der Waals surface area (Å²) < 4.78 is 19.8. The van der Waals surface area contributed by atoms with Crippen LogP contribution in [-0.2, 0) is 36.8 Å². The first-order valence-corrected chi connectivity index (χ1v) is 7.56. The largest absolute Gasteiger partial charge is 0.468 e. The molecule has 0 saturated carbocycles. The van der Waals surface area contributed by atoms with E-state index in [9.17, 15) is 19.7 Å². The number of rotatable bonds is 7.